The molecular weight excluding hydrogens is 242 g/mol. The monoisotopic (exact) mass is 263 g/mol. The number of rotatable bonds is 3. The maximum atomic E-state index is 12.0. The number of ether oxygens (including phenoxy) is 1. The van der Waals surface area contributed by atoms with Gasteiger partial charge in [0.1, 0.15) is 5.60 Å². The van der Waals surface area contributed by atoms with Crippen LogP contribution in [0.5, 0.6) is 0 Å². The molecule has 1 spiro atoms. The van der Waals surface area contributed by atoms with Gasteiger partial charge in [0.05, 0.1) is 11.9 Å². The van der Waals surface area contributed by atoms with E-state index in [9.17, 15) is 13.5 Å². The van der Waals surface area contributed by atoms with Gasteiger partial charge in [0.25, 0.3) is 0 Å². The average Bonchev–Trinajstić information content (AvgIpc) is 2.72. The van der Waals surface area contributed by atoms with Crippen LogP contribution >= 0.6 is 0 Å². The third-order valence-corrected chi connectivity index (χ3v) is 5.72. The lowest BCUT2D eigenvalue weighted by Crippen LogP contribution is -2.58. The Morgan fingerprint density at radius 1 is 1.53 bits per heavy atom. The van der Waals surface area contributed by atoms with Crippen molar-refractivity contribution in [3.63, 3.8) is 0 Å². The molecule has 0 aromatic heterocycles. The second-order valence-electron chi connectivity index (χ2n) is 4.97. The molecule has 2 heterocycles. The Kier molecular flexibility index (Phi) is 3.77. The van der Waals surface area contributed by atoms with Crippen LogP contribution in [0.2, 0.25) is 0 Å². The van der Waals surface area contributed by atoms with Crippen LogP contribution in [0.3, 0.4) is 0 Å². The zero-order chi connectivity index (χ0) is 12.5. The lowest BCUT2D eigenvalue weighted by molar-refractivity contribution is -0.117. The SMILES string of the molecule is CCCS(=O)(=O)N1CC[C@H](O)[C@]2(CCCO2)C1. The summed E-state index contributed by atoms with van der Waals surface area (Å²) in [5.74, 6) is 0.180. The zero-order valence-corrected chi connectivity index (χ0v) is 11.1. The van der Waals surface area contributed by atoms with E-state index in [0.717, 1.165) is 12.8 Å². The van der Waals surface area contributed by atoms with Crippen LogP contribution in [0.4, 0.5) is 0 Å². The standard InChI is InChI=1S/C11H21NO4S/c1-2-8-17(14,15)12-6-4-10(13)11(9-12)5-3-7-16-11/h10,13H,2-9H2,1H3/t10-,11-/m0/s1. The fourth-order valence-corrected chi connectivity index (χ4v) is 4.32. The van der Waals surface area contributed by atoms with Gasteiger partial charge < -0.3 is 9.84 Å². The maximum Gasteiger partial charge on any atom is 0.214 e. The number of hydrogen-bond donors (Lipinski definition) is 1. The highest BCUT2D eigenvalue weighted by Crippen LogP contribution is 2.35. The van der Waals surface area contributed by atoms with E-state index in [2.05, 4.69) is 0 Å². The van der Waals surface area contributed by atoms with Crippen LogP contribution in [0.15, 0.2) is 0 Å². The molecule has 2 rings (SSSR count). The molecule has 2 aliphatic rings. The van der Waals surface area contributed by atoms with Gasteiger partial charge in [-0.05, 0) is 25.7 Å². The molecule has 0 radical (unpaired) electrons. The predicted octanol–water partition coefficient (Wildman–Crippen LogP) is 0.342. The number of sulfonamides is 1. The molecule has 0 aromatic rings. The highest BCUT2D eigenvalue weighted by atomic mass is 32.2. The molecule has 0 saturated carbocycles. The van der Waals surface area contributed by atoms with Gasteiger partial charge in [-0.2, -0.15) is 4.31 Å². The van der Waals surface area contributed by atoms with Gasteiger partial charge in [0.15, 0.2) is 0 Å². The summed E-state index contributed by atoms with van der Waals surface area (Å²) in [6.07, 6.45) is 2.22. The molecule has 6 heteroatoms. The Labute approximate surface area is 103 Å². The quantitative estimate of drug-likeness (QED) is 0.797. The molecule has 5 nitrogen and oxygen atoms in total. The molecule has 17 heavy (non-hydrogen) atoms. The topological polar surface area (TPSA) is 66.8 Å². The van der Waals surface area contributed by atoms with Crippen molar-refractivity contribution in [3.05, 3.63) is 0 Å². The molecule has 0 aliphatic carbocycles. The zero-order valence-electron chi connectivity index (χ0n) is 10.3. The predicted molar refractivity (Wildman–Crippen MR) is 64.2 cm³/mol. The van der Waals surface area contributed by atoms with Crippen molar-refractivity contribution in [2.24, 2.45) is 0 Å². The van der Waals surface area contributed by atoms with E-state index < -0.39 is 21.7 Å². The van der Waals surface area contributed by atoms with E-state index in [1.165, 1.54) is 4.31 Å². The summed E-state index contributed by atoms with van der Waals surface area (Å²) in [6, 6.07) is 0. The molecule has 1 N–H and O–H groups in total. The summed E-state index contributed by atoms with van der Waals surface area (Å²) in [5, 5.41) is 10.0. The van der Waals surface area contributed by atoms with Crippen LogP contribution in [0.1, 0.15) is 32.6 Å². The van der Waals surface area contributed by atoms with E-state index in [-0.39, 0.29) is 5.75 Å². The second-order valence-corrected chi connectivity index (χ2v) is 7.06. The number of aliphatic hydroxyl groups excluding tert-OH is 1. The van der Waals surface area contributed by atoms with Gasteiger partial charge in [-0.15, -0.1) is 0 Å². The van der Waals surface area contributed by atoms with Gasteiger partial charge in [-0.3, -0.25) is 0 Å². The van der Waals surface area contributed by atoms with Gasteiger partial charge in [0, 0.05) is 19.7 Å². The molecule has 0 unspecified atom stereocenters. The summed E-state index contributed by atoms with van der Waals surface area (Å²) < 4.78 is 31.2. The molecule has 2 saturated heterocycles. The van der Waals surface area contributed by atoms with Crippen molar-refractivity contribution in [3.8, 4) is 0 Å². The lowest BCUT2D eigenvalue weighted by atomic mass is 9.88. The summed E-state index contributed by atoms with van der Waals surface area (Å²) in [4.78, 5) is 0. The molecule has 0 aromatic carbocycles. The van der Waals surface area contributed by atoms with E-state index in [1.54, 1.807) is 0 Å². The fraction of sp³-hybridized carbons (Fsp3) is 1.00. The van der Waals surface area contributed by atoms with E-state index in [4.69, 9.17) is 4.74 Å². The minimum atomic E-state index is -3.18. The minimum absolute atomic E-state index is 0.180. The number of hydrogen-bond acceptors (Lipinski definition) is 4. The third kappa shape index (κ3) is 2.50. The summed E-state index contributed by atoms with van der Waals surface area (Å²) in [5.41, 5.74) is -0.640. The lowest BCUT2D eigenvalue weighted by Gasteiger charge is -2.42. The molecule has 0 bridgehead atoms. The Bertz CT molecular complexity index is 362. The highest BCUT2D eigenvalue weighted by molar-refractivity contribution is 7.89. The summed E-state index contributed by atoms with van der Waals surface area (Å²) in [7, 11) is -3.18. The molecule has 2 fully saturated rings. The highest BCUT2D eigenvalue weighted by Gasteiger charge is 2.48. The normalized spacial score (nSPS) is 35.5. The molecule has 100 valence electrons. The Morgan fingerprint density at radius 2 is 2.29 bits per heavy atom. The largest absolute Gasteiger partial charge is 0.390 e. The fourth-order valence-electron chi connectivity index (χ4n) is 2.74. The first-order chi connectivity index (χ1) is 8.00. The number of piperidine rings is 1. The summed E-state index contributed by atoms with van der Waals surface area (Å²) >= 11 is 0. The molecule has 2 atom stereocenters. The smallest absolute Gasteiger partial charge is 0.214 e. The third-order valence-electron chi connectivity index (χ3n) is 3.69. The number of aliphatic hydroxyl groups is 1. The van der Waals surface area contributed by atoms with E-state index in [1.807, 2.05) is 6.92 Å². The van der Waals surface area contributed by atoms with Gasteiger partial charge in [-0.25, -0.2) is 8.42 Å². The van der Waals surface area contributed by atoms with Crippen LogP contribution in [0.25, 0.3) is 0 Å². The first kappa shape index (κ1) is 13.3. The second kappa shape index (κ2) is 4.84. The average molecular weight is 263 g/mol. The van der Waals surface area contributed by atoms with Crippen LogP contribution in [0, 0.1) is 0 Å². The maximum absolute atomic E-state index is 12.0. The van der Waals surface area contributed by atoms with E-state index in [0.29, 0.717) is 32.5 Å². The van der Waals surface area contributed by atoms with Crippen LogP contribution in [-0.4, -0.2) is 55.0 Å². The van der Waals surface area contributed by atoms with Crippen molar-refractivity contribution in [1.82, 2.24) is 4.31 Å². The van der Waals surface area contributed by atoms with Gasteiger partial charge >= 0.3 is 0 Å². The van der Waals surface area contributed by atoms with Gasteiger partial charge in [0.2, 0.25) is 10.0 Å². The van der Waals surface area contributed by atoms with E-state index >= 15 is 0 Å². The Morgan fingerprint density at radius 3 is 2.88 bits per heavy atom. The van der Waals surface area contributed by atoms with Gasteiger partial charge in [-0.1, -0.05) is 6.92 Å². The number of nitrogens with zero attached hydrogens (tertiary/aromatic N) is 1. The van der Waals surface area contributed by atoms with Crippen molar-refractivity contribution in [2.75, 3.05) is 25.4 Å². The summed E-state index contributed by atoms with van der Waals surface area (Å²) in [6.45, 7) is 3.21. The van der Waals surface area contributed by atoms with Crippen LogP contribution < -0.4 is 0 Å². The van der Waals surface area contributed by atoms with Crippen molar-refractivity contribution >= 4 is 10.0 Å². The Hall–Kier alpha value is -0.170. The molecule has 2 aliphatic heterocycles. The van der Waals surface area contributed by atoms with Crippen molar-refractivity contribution in [1.29, 1.82) is 0 Å². The minimum Gasteiger partial charge on any atom is -0.390 e. The molecular formula is C11H21NO4S. The van der Waals surface area contributed by atoms with Crippen molar-refractivity contribution in [2.45, 2.75) is 44.3 Å². The van der Waals surface area contributed by atoms with Crippen LogP contribution in [-0.2, 0) is 14.8 Å². The Balaban J connectivity index is 2.13. The van der Waals surface area contributed by atoms with Crippen molar-refractivity contribution < 1.29 is 18.3 Å². The first-order valence-electron chi connectivity index (χ1n) is 6.30. The first-order valence-corrected chi connectivity index (χ1v) is 7.91. The molecule has 0 amide bonds.